The van der Waals surface area contributed by atoms with Crippen molar-refractivity contribution in [1.82, 2.24) is 4.90 Å². The Morgan fingerprint density at radius 3 is 1.06 bits per heavy atom. The molecule has 9 nitrogen and oxygen atoms in total. The monoisotopic (exact) mass is 253 g/mol. The fourth-order valence-electron chi connectivity index (χ4n) is 0.742. The van der Waals surface area contributed by atoms with Gasteiger partial charge in [-0.1, -0.05) is 0 Å². The summed E-state index contributed by atoms with van der Waals surface area (Å²) in [5.74, 6) is -3.78. The molecule has 5 N–H and O–H groups in total. The van der Waals surface area contributed by atoms with Gasteiger partial charge in [0.1, 0.15) is 0 Å². The number of aliphatic hydroxyl groups is 2. The van der Waals surface area contributed by atoms with E-state index in [1.54, 1.807) is 0 Å². The maximum absolute atomic E-state index is 10.1. The van der Waals surface area contributed by atoms with Crippen LogP contribution in [0.4, 0.5) is 0 Å². The largest absolute Gasteiger partial charge is 0.480 e. The second kappa shape index (κ2) is 10.8. The molecule has 0 bridgehead atoms. The summed E-state index contributed by atoms with van der Waals surface area (Å²) in [7, 11) is 0. The molecule has 0 spiro atoms. The molecule has 0 saturated carbocycles. The molecular formula is C8H15NO8. The Morgan fingerprint density at radius 1 is 0.706 bits per heavy atom. The second-order valence-corrected chi connectivity index (χ2v) is 2.77. The lowest BCUT2D eigenvalue weighted by Crippen LogP contribution is -2.38. The number of hydrogen-bond acceptors (Lipinski definition) is 6. The van der Waals surface area contributed by atoms with Crippen LogP contribution in [0.5, 0.6) is 0 Å². The smallest absolute Gasteiger partial charge is 0.317 e. The highest BCUT2D eigenvalue weighted by atomic mass is 16.4. The van der Waals surface area contributed by atoms with E-state index in [9.17, 15) is 14.4 Å². The highest BCUT2D eigenvalue weighted by Crippen LogP contribution is 1.87. The minimum absolute atomic E-state index is 0.125. The minimum Gasteiger partial charge on any atom is -0.480 e. The molecule has 100 valence electrons. The fraction of sp³-hybridized carbons (Fsp3) is 0.625. The fourth-order valence-corrected chi connectivity index (χ4v) is 0.742. The van der Waals surface area contributed by atoms with E-state index in [4.69, 9.17) is 25.5 Å². The van der Waals surface area contributed by atoms with Crippen molar-refractivity contribution in [2.75, 3.05) is 32.8 Å². The molecule has 0 aliphatic rings. The summed E-state index contributed by atoms with van der Waals surface area (Å²) in [4.78, 5) is 31.2. The molecular weight excluding hydrogens is 238 g/mol. The number of aliphatic hydroxyl groups excluding tert-OH is 2. The van der Waals surface area contributed by atoms with Crippen molar-refractivity contribution in [2.24, 2.45) is 0 Å². The molecule has 0 radical (unpaired) electrons. The molecule has 0 aromatic heterocycles. The molecule has 0 fully saturated rings. The van der Waals surface area contributed by atoms with Crippen LogP contribution in [0.1, 0.15) is 0 Å². The zero-order chi connectivity index (χ0) is 13.8. The molecule has 0 aromatic carbocycles. The van der Waals surface area contributed by atoms with E-state index in [0.29, 0.717) is 0 Å². The van der Waals surface area contributed by atoms with Gasteiger partial charge in [0.2, 0.25) is 0 Å². The summed E-state index contributed by atoms with van der Waals surface area (Å²) in [5, 5.41) is 40.1. The lowest BCUT2D eigenvalue weighted by molar-refractivity contribution is -0.144. The third-order valence-electron chi connectivity index (χ3n) is 1.18. The number of rotatable bonds is 7. The average Bonchev–Trinajstić information content (AvgIpc) is 2.14. The second-order valence-electron chi connectivity index (χ2n) is 2.77. The topological polar surface area (TPSA) is 156 Å². The van der Waals surface area contributed by atoms with Crippen LogP contribution in [0.2, 0.25) is 0 Å². The normalized spacial score (nSPS) is 9.35. The van der Waals surface area contributed by atoms with Gasteiger partial charge in [-0.05, 0) is 0 Å². The average molecular weight is 253 g/mol. The Balaban J connectivity index is 0. The van der Waals surface area contributed by atoms with Crippen LogP contribution in [0.25, 0.3) is 0 Å². The van der Waals surface area contributed by atoms with Gasteiger partial charge in [0, 0.05) is 0 Å². The van der Waals surface area contributed by atoms with E-state index >= 15 is 0 Å². The summed E-state index contributed by atoms with van der Waals surface area (Å²) < 4.78 is 0. The van der Waals surface area contributed by atoms with Crippen molar-refractivity contribution in [3.63, 3.8) is 0 Å². The summed E-state index contributed by atoms with van der Waals surface area (Å²) in [6.45, 7) is -2.05. The van der Waals surface area contributed by atoms with Gasteiger partial charge in [0.05, 0.1) is 32.8 Å². The van der Waals surface area contributed by atoms with E-state index in [2.05, 4.69) is 0 Å². The number of nitrogens with zero attached hydrogens (tertiary/aromatic N) is 1. The maximum atomic E-state index is 10.1. The summed E-state index contributed by atoms with van der Waals surface area (Å²) >= 11 is 0. The number of hydrogen-bond donors (Lipinski definition) is 5. The Labute approximate surface area is 96.5 Å². The Bertz CT molecular complexity index is 214. The SMILES string of the molecule is O=C(O)CN(CC(=O)O)CC(=O)O.OCCO. The summed E-state index contributed by atoms with van der Waals surface area (Å²) in [6, 6.07) is 0. The van der Waals surface area contributed by atoms with E-state index in [1.807, 2.05) is 0 Å². The van der Waals surface area contributed by atoms with Crippen LogP contribution in [0.3, 0.4) is 0 Å². The minimum atomic E-state index is -1.26. The summed E-state index contributed by atoms with van der Waals surface area (Å²) in [6.07, 6.45) is 0. The first-order valence-electron chi connectivity index (χ1n) is 4.42. The molecule has 0 aliphatic heterocycles. The zero-order valence-electron chi connectivity index (χ0n) is 8.94. The van der Waals surface area contributed by atoms with Crippen molar-refractivity contribution in [1.29, 1.82) is 0 Å². The van der Waals surface area contributed by atoms with Gasteiger partial charge >= 0.3 is 17.9 Å². The molecule has 0 atom stereocenters. The molecule has 9 heteroatoms. The molecule has 0 heterocycles. The van der Waals surface area contributed by atoms with Gasteiger partial charge in [0.15, 0.2) is 0 Å². The molecule has 0 amide bonds. The van der Waals surface area contributed by atoms with Crippen LogP contribution in [-0.2, 0) is 14.4 Å². The van der Waals surface area contributed by atoms with E-state index in [1.165, 1.54) is 0 Å². The zero-order valence-corrected chi connectivity index (χ0v) is 8.94. The van der Waals surface area contributed by atoms with Gasteiger partial charge in [-0.15, -0.1) is 0 Å². The summed E-state index contributed by atoms with van der Waals surface area (Å²) in [5.41, 5.74) is 0. The van der Waals surface area contributed by atoms with Crippen molar-refractivity contribution >= 4 is 17.9 Å². The van der Waals surface area contributed by atoms with Crippen molar-refractivity contribution in [3.8, 4) is 0 Å². The van der Waals surface area contributed by atoms with Gasteiger partial charge in [-0.25, -0.2) is 0 Å². The van der Waals surface area contributed by atoms with Crippen molar-refractivity contribution < 1.29 is 39.9 Å². The molecule has 0 unspecified atom stereocenters. The third-order valence-corrected chi connectivity index (χ3v) is 1.18. The Morgan fingerprint density at radius 2 is 0.941 bits per heavy atom. The van der Waals surface area contributed by atoms with Gasteiger partial charge in [0.25, 0.3) is 0 Å². The van der Waals surface area contributed by atoms with Crippen LogP contribution < -0.4 is 0 Å². The highest BCUT2D eigenvalue weighted by Gasteiger charge is 2.15. The van der Waals surface area contributed by atoms with Gasteiger partial charge in [-0.2, -0.15) is 0 Å². The molecule has 0 aromatic rings. The number of carboxylic acids is 3. The molecule has 17 heavy (non-hydrogen) atoms. The predicted molar refractivity (Wildman–Crippen MR) is 53.5 cm³/mol. The van der Waals surface area contributed by atoms with Crippen LogP contribution in [0, 0.1) is 0 Å². The van der Waals surface area contributed by atoms with Crippen LogP contribution >= 0.6 is 0 Å². The Hall–Kier alpha value is -1.71. The highest BCUT2D eigenvalue weighted by molar-refractivity contribution is 5.75. The van der Waals surface area contributed by atoms with E-state index in [0.717, 1.165) is 4.90 Å². The van der Waals surface area contributed by atoms with E-state index < -0.39 is 37.5 Å². The number of carboxylic acid groups (broad SMARTS) is 3. The Kier molecular flexibility index (Phi) is 11.2. The first-order chi connectivity index (χ1) is 7.83. The standard InChI is InChI=1S/C6H9NO6.C2H6O2/c8-4(9)1-7(2-5(10)11)3-6(12)13;3-1-2-4/h1-3H2,(H,8,9)(H,10,11)(H,12,13);3-4H,1-2H2. The van der Waals surface area contributed by atoms with Crippen LogP contribution in [0.15, 0.2) is 0 Å². The van der Waals surface area contributed by atoms with E-state index in [-0.39, 0.29) is 13.2 Å². The predicted octanol–water partition coefficient (Wildman–Crippen LogP) is -2.49. The third kappa shape index (κ3) is 16.9. The maximum Gasteiger partial charge on any atom is 0.317 e. The van der Waals surface area contributed by atoms with Crippen molar-refractivity contribution in [3.05, 3.63) is 0 Å². The molecule has 0 aliphatic carbocycles. The lowest BCUT2D eigenvalue weighted by atomic mass is 10.4. The first kappa shape index (κ1) is 17.7. The number of aliphatic carboxylic acids is 3. The molecule has 0 rings (SSSR count). The first-order valence-corrected chi connectivity index (χ1v) is 4.42. The van der Waals surface area contributed by atoms with Gasteiger partial charge < -0.3 is 25.5 Å². The van der Waals surface area contributed by atoms with Crippen molar-refractivity contribution in [2.45, 2.75) is 0 Å². The molecule has 0 saturated heterocycles. The van der Waals surface area contributed by atoms with Gasteiger partial charge in [-0.3, -0.25) is 19.3 Å². The quantitative estimate of drug-likeness (QED) is 0.331. The van der Waals surface area contributed by atoms with Crippen LogP contribution in [-0.4, -0.2) is 81.2 Å². The lowest BCUT2D eigenvalue weighted by Gasteiger charge is -2.14. The number of carbonyl (C=O) groups is 3.